The quantitative estimate of drug-likeness (QED) is 0.570. The van der Waals surface area contributed by atoms with Crippen molar-refractivity contribution in [3.8, 4) is 0 Å². The molecule has 0 aromatic carbocycles. The van der Waals surface area contributed by atoms with Gasteiger partial charge in [0.1, 0.15) is 0 Å². The van der Waals surface area contributed by atoms with Gasteiger partial charge in [-0.3, -0.25) is 0 Å². The number of methoxy groups -OCH3 is 1. The zero-order valence-electron chi connectivity index (χ0n) is 9.90. The topological polar surface area (TPSA) is 70.7 Å². The van der Waals surface area contributed by atoms with Crippen LogP contribution in [0.5, 0.6) is 0 Å². The highest BCUT2D eigenvalue weighted by Gasteiger charge is 2.30. The second-order valence-corrected chi connectivity index (χ2v) is 5.72. The van der Waals surface area contributed by atoms with Crippen LogP contribution in [0.3, 0.4) is 0 Å². The minimum atomic E-state index is -3.31. The molecule has 1 unspecified atom stereocenters. The molecule has 2 N–H and O–H groups in total. The lowest BCUT2D eigenvalue weighted by molar-refractivity contribution is 0.204. The van der Waals surface area contributed by atoms with Crippen LogP contribution in [0.25, 0.3) is 0 Å². The molecule has 1 atom stereocenters. The molecule has 6 nitrogen and oxygen atoms in total. The number of hydrogen-bond donors (Lipinski definition) is 2. The summed E-state index contributed by atoms with van der Waals surface area (Å²) in [5, 5.41) is 3.07. The van der Waals surface area contributed by atoms with Crippen molar-refractivity contribution in [2.75, 3.05) is 46.9 Å². The fraction of sp³-hybridized carbons (Fsp3) is 1.00. The monoisotopic (exact) mass is 251 g/mol. The molecule has 1 aliphatic rings. The molecular formula is C9H21N3O3S. The summed E-state index contributed by atoms with van der Waals surface area (Å²) < 4.78 is 32.4. The number of nitrogens with zero attached hydrogens (tertiary/aromatic N) is 1. The highest BCUT2D eigenvalue weighted by molar-refractivity contribution is 7.87. The van der Waals surface area contributed by atoms with Crippen LogP contribution in [-0.4, -0.2) is 59.7 Å². The SMILES string of the molecule is CNCC1CCN(S(=O)(=O)NCCOC)C1. The molecule has 96 valence electrons. The molecule has 1 aliphatic heterocycles. The Balaban J connectivity index is 2.39. The molecule has 0 aliphatic carbocycles. The average molecular weight is 251 g/mol. The minimum Gasteiger partial charge on any atom is -0.383 e. The Bertz CT molecular complexity index is 294. The first-order valence-corrected chi connectivity index (χ1v) is 6.92. The molecule has 16 heavy (non-hydrogen) atoms. The molecule has 0 amide bonds. The van der Waals surface area contributed by atoms with E-state index >= 15 is 0 Å². The maximum atomic E-state index is 11.8. The molecule has 0 radical (unpaired) electrons. The van der Waals surface area contributed by atoms with Crippen molar-refractivity contribution in [3.63, 3.8) is 0 Å². The molecule has 0 bridgehead atoms. The zero-order valence-corrected chi connectivity index (χ0v) is 10.7. The van der Waals surface area contributed by atoms with Crippen LogP contribution in [0.15, 0.2) is 0 Å². The van der Waals surface area contributed by atoms with Gasteiger partial charge in [-0.1, -0.05) is 0 Å². The van der Waals surface area contributed by atoms with Gasteiger partial charge in [-0.05, 0) is 25.9 Å². The van der Waals surface area contributed by atoms with E-state index in [9.17, 15) is 8.42 Å². The highest BCUT2D eigenvalue weighted by Crippen LogP contribution is 2.17. The Labute approximate surface area is 97.5 Å². The Morgan fingerprint density at radius 2 is 2.25 bits per heavy atom. The van der Waals surface area contributed by atoms with E-state index in [0.717, 1.165) is 13.0 Å². The van der Waals surface area contributed by atoms with E-state index in [1.807, 2.05) is 7.05 Å². The molecular weight excluding hydrogens is 230 g/mol. The summed E-state index contributed by atoms with van der Waals surface area (Å²) in [6.45, 7) is 2.79. The van der Waals surface area contributed by atoms with E-state index in [2.05, 4.69) is 10.0 Å². The molecule has 7 heteroatoms. The molecule has 0 spiro atoms. The third-order valence-electron chi connectivity index (χ3n) is 2.67. The summed E-state index contributed by atoms with van der Waals surface area (Å²) >= 11 is 0. The molecule has 1 saturated heterocycles. The number of ether oxygens (including phenoxy) is 1. The van der Waals surface area contributed by atoms with Crippen LogP contribution in [0, 0.1) is 5.92 Å². The third kappa shape index (κ3) is 3.99. The second-order valence-electron chi connectivity index (χ2n) is 3.96. The van der Waals surface area contributed by atoms with Gasteiger partial charge in [0.05, 0.1) is 6.61 Å². The lowest BCUT2D eigenvalue weighted by atomic mass is 10.1. The first-order chi connectivity index (χ1) is 7.60. The van der Waals surface area contributed by atoms with Crippen LogP contribution < -0.4 is 10.0 Å². The summed E-state index contributed by atoms with van der Waals surface area (Å²) in [6, 6.07) is 0. The first kappa shape index (κ1) is 13.9. The van der Waals surface area contributed by atoms with Crippen molar-refractivity contribution in [3.05, 3.63) is 0 Å². The molecule has 1 fully saturated rings. The molecule has 0 aromatic rings. The standard InChI is InChI=1S/C9H21N3O3S/c1-10-7-9-3-5-12(8-9)16(13,14)11-4-6-15-2/h9-11H,3-8H2,1-2H3. The lowest BCUT2D eigenvalue weighted by Crippen LogP contribution is -2.41. The largest absolute Gasteiger partial charge is 0.383 e. The normalized spacial score (nSPS) is 22.8. The Morgan fingerprint density at radius 1 is 1.50 bits per heavy atom. The fourth-order valence-corrected chi connectivity index (χ4v) is 3.11. The van der Waals surface area contributed by atoms with Crippen molar-refractivity contribution < 1.29 is 13.2 Å². The Hall–Kier alpha value is -0.210. The zero-order chi connectivity index (χ0) is 12.0. The lowest BCUT2D eigenvalue weighted by Gasteiger charge is -2.16. The van der Waals surface area contributed by atoms with Gasteiger partial charge < -0.3 is 10.1 Å². The van der Waals surface area contributed by atoms with Gasteiger partial charge in [-0.2, -0.15) is 17.4 Å². The van der Waals surface area contributed by atoms with E-state index in [1.165, 1.54) is 4.31 Å². The highest BCUT2D eigenvalue weighted by atomic mass is 32.2. The second kappa shape index (κ2) is 6.51. The Morgan fingerprint density at radius 3 is 2.88 bits per heavy atom. The average Bonchev–Trinajstić information content (AvgIpc) is 2.68. The van der Waals surface area contributed by atoms with Gasteiger partial charge in [0.25, 0.3) is 10.2 Å². The van der Waals surface area contributed by atoms with Gasteiger partial charge in [0, 0.05) is 26.7 Å². The minimum absolute atomic E-state index is 0.325. The Kier molecular flexibility index (Phi) is 5.63. The number of nitrogens with one attached hydrogen (secondary N) is 2. The van der Waals surface area contributed by atoms with E-state index in [4.69, 9.17) is 4.74 Å². The van der Waals surface area contributed by atoms with Crippen molar-refractivity contribution in [2.24, 2.45) is 5.92 Å². The van der Waals surface area contributed by atoms with Gasteiger partial charge in [0.15, 0.2) is 0 Å². The van der Waals surface area contributed by atoms with Crippen LogP contribution in [0.1, 0.15) is 6.42 Å². The van der Waals surface area contributed by atoms with Crippen molar-refractivity contribution in [1.29, 1.82) is 0 Å². The summed E-state index contributed by atoms with van der Waals surface area (Å²) in [7, 11) is 0.124. The maximum Gasteiger partial charge on any atom is 0.279 e. The maximum absolute atomic E-state index is 11.8. The fourth-order valence-electron chi connectivity index (χ4n) is 1.83. The first-order valence-electron chi connectivity index (χ1n) is 5.48. The predicted molar refractivity (Wildman–Crippen MR) is 62.4 cm³/mol. The van der Waals surface area contributed by atoms with Gasteiger partial charge in [-0.25, -0.2) is 0 Å². The van der Waals surface area contributed by atoms with Crippen LogP contribution in [-0.2, 0) is 14.9 Å². The number of hydrogen-bond acceptors (Lipinski definition) is 4. The van der Waals surface area contributed by atoms with Crippen LogP contribution in [0.2, 0.25) is 0 Å². The molecule has 0 saturated carbocycles. The summed E-state index contributed by atoms with van der Waals surface area (Å²) in [5.74, 6) is 0.420. The third-order valence-corrected chi connectivity index (χ3v) is 4.25. The van der Waals surface area contributed by atoms with Gasteiger partial charge in [-0.15, -0.1) is 0 Å². The summed E-state index contributed by atoms with van der Waals surface area (Å²) in [6.07, 6.45) is 0.923. The van der Waals surface area contributed by atoms with Crippen molar-refractivity contribution in [1.82, 2.24) is 14.3 Å². The van der Waals surface area contributed by atoms with Gasteiger partial charge in [0.2, 0.25) is 0 Å². The van der Waals surface area contributed by atoms with Gasteiger partial charge >= 0.3 is 0 Å². The van der Waals surface area contributed by atoms with Crippen LogP contribution >= 0.6 is 0 Å². The summed E-state index contributed by atoms with van der Waals surface area (Å²) in [4.78, 5) is 0. The number of rotatable bonds is 7. The van der Waals surface area contributed by atoms with Crippen molar-refractivity contribution in [2.45, 2.75) is 6.42 Å². The summed E-state index contributed by atoms with van der Waals surface area (Å²) in [5.41, 5.74) is 0. The van der Waals surface area contributed by atoms with E-state index in [0.29, 0.717) is 32.2 Å². The smallest absolute Gasteiger partial charge is 0.279 e. The van der Waals surface area contributed by atoms with E-state index < -0.39 is 10.2 Å². The van der Waals surface area contributed by atoms with E-state index in [-0.39, 0.29) is 0 Å². The van der Waals surface area contributed by atoms with E-state index in [1.54, 1.807) is 7.11 Å². The molecule has 0 aromatic heterocycles. The molecule has 1 rings (SSSR count). The molecule has 1 heterocycles. The predicted octanol–water partition coefficient (Wildman–Crippen LogP) is -0.991. The van der Waals surface area contributed by atoms with Crippen molar-refractivity contribution >= 4 is 10.2 Å². The van der Waals surface area contributed by atoms with Crippen LogP contribution in [0.4, 0.5) is 0 Å².